The van der Waals surface area contributed by atoms with Gasteiger partial charge in [0, 0.05) is 28.3 Å². The van der Waals surface area contributed by atoms with Crippen molar-refractivity contribution in [2.45, 2.75) is 13.5 Å². The average molecular weight is 327 g/mol. The van der Waals surface area contributed by atoms with Gasteiger partial charge >= 0.3 is 0 Å². The van der Waals surface area contributed by atoms with Gasteiger partial charge in [-0.3, -0.25) is 4.98 Å². The van der Waals surface area contributed by atoms with Gasteiger partial charge in [-0.05, 0) is 42.3 Å². The molecule has 0 aliphatic carbocycles. The van der Waals surface area contributed by atoms with Crippen molar-refractivity contribution >= 4 is 32.5 Å². The lowest BCUT2D eigenvalue weighted by Gasteiger charge is -2.11. The van der Waals surface area contributed by atoms with E-state index in [1.807, 2.05) is 12.3 Å². The Balaban J connectivity index is 1.87. The summed E-state index contributed by atoms with van der Waals surface area (Å²) >= 11 is 3.49. The molecular weight excluding hydrogens is 312 g/mol. The highest BCUT2D eigenvalue weighted by molar-refractivity contribution is 9.10. The third kappa shape index (κ3) is 2.68. The molecule has 100 valence electrons. The molecule has 3 heteroatoms. The number of benzene rings is 2. The molecule has 0 atom stereocenters. The molecule has 20 heavy (non-hydrogen) atoms. The molecule has 0 spiro atoms. The van der Waals surface area contributed by atoms with E-state index >= 15 is 0 Å². The zero-order chi connectivity index (χ0) is 13.9. The number of anilines is 1. The van der Waals surface area contributed by atoms with Gasteiger partial charge in [0.25, 0.3) is 0 Å². The first-order valence-corrected chi connectivity index (χ1v) is 7.36. The number of hydrogen-bond acceptors (Lipinski definition) is 2. The Morgan fingerprint density at radius 2 is 1.95 bits per heavy atom. The van der Waals surface area contributed by atoms with E-state index < -0.39 is 0 Å². The number of pyridine rings is 1. The summed E-state index contributed by atoms with van der Waals surface area (Å²) in [5, 5.41) is 4.67. The van der Waals surface area contributed by atoms with Crippen molar-refractivity contribution in [2.75, 3.05) is 5.32 Å². The number of nitrogens with zero attached hydrogens (tertiary/aromatic N) is 1. The van der Waals surface area contributed by atoms with Crippen molar-refractivity contribution < 1.29 is 0 Å². The van der Waals surface area contributed by atoms with Crippen LogP contribution >= 0.6 is 15.9 Å². The molecule has 2 aromatic carbocycles. The average Bonchev–Trinajstić information content (AvgIpc) is 2.46. The van der Waals surface area contributed by atoms with E-state index in [4.69, 9.17) is 0 Å². The Kier molecular flexibility index (Phi) is 3.70. The number of para-hydroxylation sites is 1. The van der Waals surface area contributed by atoms with Gasteiger partial charge in [-0.1, -0.05) is 40.2 Å². The van der Waals surface area contributed by atoms with Gasteiger partial charge in [0.1, 0.15) is 0 Å². The van der Waals surface area contributed by atoms with Crippen molar-refractivity contribution in [3.05, 3.63) is 70.3 Å². The Hall–Kier alpha value is -1.87. The van der Waals surface area contributed by atoms with E-state index in [9.17, 15) is 0 Å². The van der Waals surface area contributed by atoms with E-state index in [2.05, 4.69) is 75.6 Å². The first-order chi connectivity index (χ1) is 9.74. The molecule has 0 saturated carbocycles. The molecule has 0 radical (unpaired) electrons. The van der Waals surface area contributed by atoms with Crippen LogP contribution in [0.15, 0.2) is 59.2 Å². The van der Waals surface area contributed by atoms with Crippen LogP contribution in [0.4, 0.5) is 5.69 Å². The molecule has 3 aromatic rings. The van der Waals surface area contributed by atoms with Crippen molar-refractivity contribution in [3.8, 4) is 0 Å². The molecule has 0 amide bonds. The summed E-state index contributed by atoms with van der Waals surface area (Å²) in [6.07, 6.45) is 1.84. The van der Waals surface area contributed by atoms with Crippen LogP contribution in [0.25, 0.3) is 10.9 Å². The fourth-order valence-corrected chi connectivity index (χ4v) is 2.80. The number of aryl methyl sites for hydroxylation is 1. The predicted octanol–water partition coefficient (Wildman–Crippen LogP) is 4.92. The lowest BCUT2D eigenvalue weighted by Crippen LogP contribution is -2.02. The van der Waals surface area contributed by atoms with E-state index in [0.29, 0.717) is 0 Å². The molecule has 0 fully saturated rings. The minimum Gasteiger partial charge on any atom is -0.381 e. The zero-order valence-electron chi connectivity index (χ0n) is 11.2. The van der Waals surface area contributed by atoms with Gasteiger partial charge < -0.3 is 5.32 Å². The Labute approximate surface area is 127 Å². The Morgan fingerprint density at radius 3 is 2.80 bits per heavy atom. The molecule has 1 N–H and O–H groups in total. The lowest BCUT2D eigenvalue weighted by atomic mass is 10.1. The molecule has 0 aliphatic rings. The van der Waals surface area contributed by atoms with Crippen molar-refractivity contribution in [3.63, 3.8) is 0 Å². The summed E-state index contributed by atoms with van der Waals surface area (Å²) in [4.78, 5) is 4.48. The summed E-state index contributed by atoms with van der Waals surface area (Å²) in [5.74, 6) is 0. The van der Waals surface area contributed by atoms with Crippen LogP contribution in [-0.2, 0) is 6.54 Å². The van der Waals surface area contributed by atoms with E-state index in [0.717, 1.165) is 22.2 Å². The minimum atomic E-state index is 0.775. The van der Waals surface area contributed by atoms with Gasteiger partial charge in [-0.2, -0.15) is 0 Å². The third-order valence-corrected chi connectivity index (χ3v) is 3.87. The van der Waals surface area contributed by atoms with Crippen LogP contribution in [0, 0.1) is 6.92 Å². The van der Waals surface area contributed by atoms with Crippen LogP contribution in [-0.4, -0.2) is 4.98 Å². The molecule has 0 saturated heterocycles. The number of fused-ring (bicyclic) bond motifs is 1. The van der Waals surface area contributed by atoms with Gasteiger partial charge in [0.05, 0.1) is 5.52 Å². The van der Waals surface area contributed by atoms with Crippen LogP contribution < -0.4 is 5.32 Å². The Morgan fingerprint density at radius 1 is 1.10 bits per heavy atom. The monoisotopic (exact) mass is 326 g/mol. The summed E-state index contributed by atoms with van der Waals surface area (Å²) < 4.78 is 1.10. The fraction of sp³-hybridized carbons (Fsp3) is 0.118. The van der Waals surface area contributed by atoms with E-state index in [-0.39, 0.29) is 0 Å². The van der Waals surface area contributed by atoms with Crippen molar-refractivity contribution in [2.24, 2.45) is 0 Å². The number of halogens is 1. The van der Waals surface area contributed by atoms with Crippen LogP contribution in [0.1, 0.15) is 11.1 Å². The van der Waals surface area contributed by atoms with Crippen LogP contribution in [0.5, 0.6) is 0 Å². The minimum absolute atomic E-state index is 0.775. The number of hydrogen-bond donors (Lipinski definition) is 1. The molecule has 2 nitrogen and oxygen atoms in total. The molecule has 1 heterocycles. The first kappa shape index (κ1) is 13.1. The fourth-order valence-electron chi connectivity index (χ4n) is 2.33. The van der Waals surface area contributed by atoms with Gasteiger partial charge in [-0.25, -0.2) is 0 Å². The molecule has 0 aliphatic heterocycles. The van der Waals surface area contributed by atoms with Crippen molar-refractivity contribution in [1.82, 2.24) is 4.98 Å². The maximum atomic E-state index is 4.48. The van der Waals surface area contributed by atoms with Gasteiger partial charge in [-0.15, -0.1) is 0 Å². The highest BCUT2D eigenvalue weighted by atomic mass is 79.9. The van der Waals surface area contributed by atoms with Gasteiger partial charge in [0.2, 0.25) is 0 Å². The zero-order valence-corrected chi connectivity index (χ0v) is 12.8. The van der Waals surface area contributed by atoms with Gasteiger partial charge in [0.15, 0.2) is 0 Å². The normalized spacial score (nSPS) is 10.7. The lowest BCUT2D eigenvalue weighted by molar-refractivity contribution is 1.14. The summed E-state index contributed by atoms with van der Waals surface area (Å²) in [6.45, 7) is 2.88. The molecular formula is C17H15BrN2. The molecule has 0 bridgehead atoms. The maximum Gasteiger partial charge on any atom is 0.0751 e. The third-order valence-electron chi connectivity index (χ3n) is 3.37. The number of nitrogens with one attached hydrogen (secondary N) is 1. The van der Waals surface area contributed by atoms with E-state index in [1.165, 1.54) is 16.5 Å². The highest BCUT2D eigenvalue weighted by Gasteiger charge is 2.03. The number of aromatic nitrogens is 1. The van der Waals surface area contributed by atoms with Crippen LogP contribution in [0.2, 0.25) is 0 Å². The summed E-state index contributed by atoms with van der Waals surface area (Å²) in [6, 6.07) is 16.6. The smallest absolute Gasteiger partial charge is 0.0751 e. The molecule has 0 unspecified atom stereocenters. The number of rotatable bonds is 3. The summed E-state index contributed by atoms with van der Waals surface area (Å²) in [7, 11) is 0. The van der Waals surface area contributed by atoms with E-state index in [1.54, 1.807) is 0 Å². The summed E-state index contributed by atoms with van der Waals surface area (Å²) in [5.41, 5.74) is 4.66. The second-order valence-electron chi connectivity index (χ2n) is 4.81. The second kappa shape index (κ2) is 5.63. The molecule has 1 aromatic heterocycles. The second-order valence-corrected chi connectivity index (χ2v) is 5.72. The SMILES string of the molecule is Cc1cc(Br)ccc1NCc1cccc2cccnc12. The van der Waals surface area contributed by atoms with Crippen LogP contribution in [0.3, 0.4) is 0 Å². The predicted molar refractivity (Wildman–Crippen MR) is 87.9 cm³/mol. The highest BCUT2D eigenvalue weighted by Crippen LogP contribution is 2.22. The quantitative estimate of drug-likeness (QED) is 0.739. The Bertz CT molecular complexity index is 748. The molecule has 3 rings (SSSR count). The van der Waals surface area contributed by atoms with Crippen molar-refractivity contribution in [1.29, 1.82) is 0 Å². The standard InChI is InChI=1S/C17H15BrN2/c1-12-10-15(18)7-8-16(12)20-11-14-5-2-4-13-6-3-9-19-17(13)14/h2-10,20H,11H2,1H3. The largest absolute Gasteiger partial charge is 0.381 e. The topological polar surface area (TPSA) is 24.9 Å². The first-order valence-electron chi connectivity index (χ1n) is 6.57. The maximum absolute atomic E-state index is 4.48.